The van der Waals surface area contributed by atoms with Crippen LogP contribution in [0.25, 0.3) is 0 Å². The van der Waals surface area contributed by atoms with E-state index in [1.54, 1.807) is 18.3 Å². The number of ether oxygens (including phenoxy) is 1. The summed E-state index contributed by atoms with van der Waals surface area (Å²) >= 11 is 11.7. The van der Waals surface area contributed by atoms with Gasteiger partial charge >= 0.3 is 0 Å². The summed E-state index contributed by atoms with van der Waals surface area (Å²) in [7, 11) is 0. The number of thiocarbonyl (C=S) groups is 1. The number of rotatable bonds is 3. The minimum Gasteiger partial charge on any atom is -0.438 e. The van der Waals surface area contributed by atoms with E-state index in [0.717, 1.165) is 8.95 Å². The standard InChI is InChI=1S/C12H8Br2N2OS/c13-8-2-3-10(9(14)5-8)17-11-4-1-7(6-16-11)12(15)18/h1-6H,(H2,15,18). The summed E-state index contributed by atoms with van der Waals surface area (Å²) in [6, 6.07) is 9.14. The van der Waals surface area contributed by atoms with Gasteiger partial charge in [0.1, 0.15) is 10.7 Å². The fraction of sp³-hybridized carbons (Fsp3) is 0. The van der Waals surface area contributed by atoms with Crippen LogP contribution in [0.5, 0.6) is 11.6 Å². The van der Waals surface area contributed by atoms with Crippen LogP contribution in [-0.4, -0.2) is 9.97 Å². The van der Waals surface area contributed by atoms with Crippen molar-refractivity contribution in [2.45, 2.75) is 0 Å². The predicted molar refractivity (Wildman–Crippen MR) is 82.0 cm³/mol. The zero-order valence-electron chi connectivity index (χ0n) is 9.06. The Morgan fingerprint density at radius 1 is 1.22 bits per heavy atom. The summed E-state index contributed by atoms with van der Waals surface area (Å²) in [5.41, 5.74) is 6.21. The van der Waals surface area contributed by atoms with Crippen molar-refractivity contribution in [3.63, 3.8) is 0 Å². The van der Waals surface area contributed by atoms with Crippen LogP contribution >= 0.6 is 44.1 Å². The van der Waals surface area contributed by atoms with E-state index >= 15 is 0 Å². The molecule has 0 aliphatic heterocycles. The number of pyridine rings is 1. The van der Waals surface area contributed by atoms with Crippen LogP contribution in [0.4, 0.5) is 0 Å². The van der Waals surface area contributed by atoms with Gasteiger partial charge in [0.2, 0.25) is 5.88 Å². The molecule has 1 aromatic carbocycles. The second-order valence-electron chi connectivity index (χ2n) is 3.43. The van der Waals surface area contributed by atoms with Crippen molar-refractivity contribution in [1.82, 2.24) is 4.98 Å². The highest BCUT2D eigenvalue weighted by atomic mass is 79.9. The number of hydrogen-bond acceptors (Lipinski definition) is 3. The molecule has 1 aromatic heterocycles. The van der Waals surface area contributed by atoms with Gasteiger partial charge < -0.3 is 10.5 Å². The number of benzene rings is 1. The molecule has 0 atom stereocenters. The molecule has 2 N–H and O–H groups in total. The molecule has 0 aliphatic rings. The van der Waals surface area contributed by atoms with Gasteiger partial charge in [0.25, 0.3) is 0 Å². The summed E-state index contributed by atoms with van der Waals surface area (Å²) < 4.78 is 7.45. The molecule has 0 saturated carbocycles. The van der Waals surface area contributed by atoms with Gasteiger partial charge in [-0.2, -0.15) is 0 Å². The molecule has 0 bridgehead atoms. The normalized spacial score (nSPS) is 10.1. The van der Waals surface area contributed by atoms with Gasteiger partial charge in [-0.15, -0.1) is 0 Å². The summed E-state index contributed by atoms with van der Waals surface area (Å²) in [6.07, 6.45) is 1.59. The molecule has 0 fully saturated rings. The average Bonchev–Trinajstić information content (AvgIpc) is 2.33. The fourth-order valence-corrected chi connectivity index (χ4v) is 2.51. The number of nitrogens with zero attached hydrogens (tertiary/aromatic N) is 1. The highest BCUT2D eigenvalue weighted by molar-refractivity contribution is 9.11. The van der Waals surface area contributed by atoms with Crippen molar-refractivity contribution in [3.8, 4) is 11.6 Å². The summed E-state index contributed by atoms with van der Waals surface area (Å²) in [6.45, 7) is 0. The first-order valence-corrected chi connectivity index (χ1v) is 6.94. The minimum absolute atomic E-state index is 0.318. The third-order valence-electron chi connectivity index (χ3n) is 2.13. The van der Waals surface area contributed by atoms with Gasteiger partial charge in [-0.3, -0.25) is 0 Å². The third-order valence-corrected chi connectivity index (χ3v) is 3.48. The maximum atomic E-state index is 5.64. The first-order chi connectivity index (χ1) is 8.56. The molecule has 18 heavy (non-hydrogen) atoms. The van der Waals surface area contributed by atoms with E-state index in [1.165, 1.54) is 0 Å². The Balaban J connectivity index is 2.21. The molecule has 0 radical (unpaired) electrons. The van der Waals surface area contributed by atoms with Crippen molar-refractivity contribution >= 4 is 49.1 Å². The number of hydrogen-bond donors (Lipinski definition) is 1. The topological polar surface area (TPSA) is 48.1 Å². The minimum atomic E-state index is 0.318. The Labute approximate surface area is 127 Å². The Morgan fingerprint density at radius 3 is 2.56 bits per heavy atom. The third kappa shape index (κ3) is 3.28. The predicted octanol–water partition coefficient (Wildman–Crippen LogP) is 4.03. The second kappa shape index (κ2) is 5.77. The van der Waals surface area contributed by atoms with Crippen LogP contribution in [0.1, 0.15) is 5.56 Å². The highest BCUT2D eigenvalue weighted by Crippen LogP contribution is 2.31. The van der Waals surface area contributed by atoms with E-state index in [0.29, 0.717) is 22.2 Å². The van der Waals surface area contributed by atoms with Gasteiger partial charge in [-0.1, -0.05) is 28.1 Å². The smallest absolute Gasteiger partial charge is 0.219 e. The van der Waals surface area contributed by atoms with E-state index in [9.17, 15) is 0 Å². The average molecular weight is 388 g/mol. The van der Waals surface area contributed by atoms with Gasteiger partial charge in [0, 0.05) is 22.3 Å². The summed E-state index contributed by atoms with van der Waals surface area (Å²) in [5.74, 6) is 1.17. The van der Waals surface area contributed by atoms with E-state index < -0.39 is 0 Å². The maximum absolute atomic E-state index is 5.64. The molecule has 1 heterocycles. The summed E-state index contributed by atoms with van der Waals surface area (Å²) in [5, 5.41) is 0. The van der Waals surface area contributed by atoms with Crippen LogP contribution in [0.3, 0.4) is 0 Å². The number of nitrogens with two attached hydrogens (primary N) is 1. The highest BCUT2D eigenvalue weighted by Gasteiger charge is 2.05. The quantitative estimate of drug-likeness (QED) is 0.807. The Hall–Kier alpha value is -0.980. The lowest BCUT2D eigenvalue weighted by Gasteiger charge is -2.07. The van der Waals surface area contributed by atoms with Gasteiger partial charge in [-0.25, -0.2) is 4.98 Å². The van der Waals surface area contributed by atoms with Crippen LogP contribution < -0.4 is 10.5 Å². The molecular formula is C12H8Br2N2OS. The molecule has 0 amide bonds. The maximum Gasteiger partial charge on any atom is 0.219 e. The lowest BCUT2D eigenvalue weighted by Crippen LogP contribution is -2.09. The lowest BCUT2D eigenvalue weighted by molar-refractivity contribution is 0.460. The number of aromatic nitrogens is 1. The Kier molecular flexibility index (Phi) is 4.31. The second-order valence-corrected chi connectivity index (χ2v) is 5.64. The zero-order valence-corrected chi connectivity index (χ0v) is 13.0. The molecule has 6 heteroatoms. The van der Waals surface area contributed by atoms with E-state index in [-0.39, 0.29) is 0 Å². The van der Waals surface area contributed by atoms with Crippen LogP contribution in [0.15, 0.2) is 45.5 Å². The molecule has 0 spiro atoms. The largest absolute Gasteiger partial charge is 0.438 e. The summed E-state index contributed by atoms with van der Waals surface area (Å²) in [4.78, 5) is 4.45. The van der Waals surface area contributed by atoms with Crippen LogP contribution in [-0.2, 0) is 0 Å². The van der Waals surface area contributed by atoms with Gasteiger partial charge in [0.15, 0.2) is 0 Å². The fourth-order valence-electron chi connectivity index (χ4n) is 1.26. The van der Waals surface area contributed by atoms with Crippen LogP contribution in [0.2, 0.25) is 0 Å². The molecule has 2 rings (SSSR count). The molecule has 3 nitrogen and oxygen atoms in total. The van der Waals surface area contributed by atoms with E-state index in [1.807, 2.05) is 18.2 Å². The molecular weight excluding hydrogens is 380 g/mol. The molecule has 0 saturated heterocycles. The monoisotopic (exact) mass is 386 g/mol. The Morgan fingerprint density at radius 2 is 2.00 bits per heavy atom. The Bertz CT molecular complexity index is 587. The number of halogens is 2. The molecule has 2 aromatic rings. The zero-order chi connectivity index (χ0) is 13.1. The molecule has 0 aliphatic carbocycles. The van der Waals surface area contributed by atoms with Crippen molar-refractivity contribution in [2.24, 2.45) is 5.73 Å². The van der Waals surface area contributed by atoms with E-state index in [2.05, 4.69) is 36.8 Å². The first kappa shape index (κ1) is 13.5. The van der Waals surface area contributed by atoms with E-state index in [4.69, 9.17) is 22.7 Å². The first-order valence-electron chi connectivity index (χ1n) is 4.95. The van der Waals surface area contributed by atoms with Gasteiger partial charge in [-0.05, 0) is 40.2 Å². The van der Waals surface area contributed by atoms with Gasteiger partial charge in [0.05, 0.1) is 4.47 Å². The molecule has 92 valence electrons. The van der Waals surface area contributed by atoms with Crippen LogP contribution in [0, 0.1) is 0 Å². The SMILES string of the molecule is NC(=S)c1ccc(Oc2ccc(Br)cc2Br)nc1. The van der Waals surface area contributed by atoms with Crippen molar-refractivity contribution in [3.05, 3.63) is 51.0 Å². The molecule has 0 unspecified atom stereocenters. The van der Waals surface area contributed by atoms with Crippen molar-refractivity contribution < 1.29 is 4.74 Å². The lowest BCUT2D eigenvalue weighted by atomic mass is 10.3. The van der Waals surface area contributed by atoms with Crippen molar-refractivity contribution in [1.29, 1.82) is 0 Å². The van der Waals surface area contributed by atoms with Crippen molar-refractivity contribution in [2.75, 3.05) is 0 Å².